The fourth-order valence-corrected chi connectivity index (χ4v) is 3.91. The molecule has 1 aliphatic rings. The summed E-state index contributed by atoms with van der Waals surface area (Å²) in [5.74, 6) is -0.0119. The van der Waals surface area contributed by atoms with Gasteiger partial charge in [-0.05, 0) is 48.6 Å². The molecule has 0 aliphatic heterocycles. The zero-order valence-corrected chi connectivity index (χ0v) is 17.7. The number of esters is 1. The highest BCUT2D eigenvalue weighted by Gasteiger charge is 2.22. The maximum atomic E-state index is 12.0. The summed E-state index contributed by atoms with van der Waals surface area (Å²) in [4.78, 5) is 18.1. The van der Waals surface area contributed by atoms with Gasteiger partial charge in [-0.2, -0.15) is 0 Å². The molecule has 0 saturated heterocycles. The summed E-state index contributed by atoms with van der Waals surface area (Å²) in [6, 6.07) is 8.19. The van der Waals surface area contributed by atoms with E-state index in [2.05, 4.69) is 33.8 Å². The second kappa shape index (κ2) is 9.91. The Bertz CT molecular complexity index is 941. The summed E-state index contributed by atoms with van der Waals surface area (Å²) in [6.07, 6.45) is 9.67. The summed E-state index contributed by atoms with van der Waals surface area (Å²) in [6.45, 7) is 0.725. The second-order valence-corrected chi connectivity index (χ2v) is 7.33. The minimum Gasteiger partial charge on any atom is -0.465 e. The molecule has 0 unspecified atom stereocenters. The molecule has 158 valence electrons. The van der Waals surface area contributed by atoms with Crippen molar-refractivity contribution in [2.75, 3.05) is 38.0 Å². The fraction of sp³-hybridized carbons (Fsp3) is 0.348. The molecule has 0 saturated carbocycles. The first-order chi connectivity index (χ1) is 14.6. The van der Waals surface area contributed by atoms with Gasteiger partial charge in [0.15, 0.2) is 0 Å². The monoisotopic (exact) mass is 407 g/mol. The third kappa shape index (κ3) is 4.62. The van der Waals surface area contributed by atoms with Crippen LogP contribution in [0.4, 0.5) is 11.4 Å². The van der Waals surface area contributed by atoms with Crippen molar-refractivity contribution in [3.8, 4) is 0 Å². The summed E-state index contributed by atoms with van der Waals surface area (Å²) >= 11 is 0. The molecule has 0 spiro atoms. The lowest BCUT2D eigenvalue weighted by molar-refractivity contribution is 0.0601. The van der Waals surface area contributed by atoms with Gasteiger partial charge in [0, 0.05) is 50.9 Å². The van der Waals surface area contributed by atoms with E-state index in [1.807, 2.05) is 25.2 Å². The molecule has 2 aromatic rings. The minimum absolute atomic E-state index is 0.355. The molecule has 7 nitrogen and oxygen atoms in total. The van der Waals surface area contributed by atoms with Crippen molar-refractivity contribution < 1.29 is 9.53 Å². The molecule has 7 heteroatoms. The number of aromatic nitrogens is 1. The predicted molar refractivity (Wildman–Crippen MR) is 121 cm³/mol. The van der Waals surface area contributed by atoms with Gasteiger partial charge in [0.05, 0.1) is 30.3 Å². The molecule has 30 heavy (non-hydrogen) atoms. The quantitative estimate of drug-likeness (QED) is 0.458. The van der Waals surface area contributed by atoms with Crippen LogP contribution in [0.25, 0.3) is 0 Å². The van der Waals surface area contributed by atoms with E-state index in [-0.39, 0.29) is 5.97 Å². The number of methoxy groups -OCH3 is 1. The Morgan fingerprint density at radius 3 is 2.97 bits per heavy atom. The van der Waals surface area contributed by atoms with Crippen molar-refractivity contribution in [3.63, 3.8) is 0 Å². The Morgan fingerprint density at radius 1 is 1.40 bits per heavy atom. The SMILES string of the molecule is CN/C=C(\C=N)N(C)c1ccc2c(c1)CCC[C@H]2CNc1cnccc1C(=O)OC. The van der Waals surface area contributed by atoms with Crippen LogP contribution in [0.15, 0.2) is 48.6 Å². The molecule has 0 bridgehead atoms. The molecule has 1 aromatic carbocycles. The van der Waals surface area contributed by atoms with E-state index < -0.39 is 0 Å². The van der Waals surface area contributed by atoms with Gasteiger partial charge in [-0.25, -0.2) is 4.79 Å². The highest BCUT2D eigenvalue weighted by Crippen LogP contribution is 2.34. The highest BCUT2D eigenvalue weighted by atomic mass is 16.5. The van der Waals surface area contributed by atoms with Gasteiger partial charge in [-0.3, -0.25) is 4.98 Å². The number of carbonyl (C=O) groups is 1. The van der Waals surface area contributed by atoms with Gasteiger partial charge < -0.3 is 25.7 Å². The van der Waals surface area contributed by atoms with Crippen LogP contribution in [-0.2, 0) is 11.2 Å². The van der Waals surface area contributed by atoms with Crippen molar-refractivity contribution >= 4 is 23.6 Å². The van der Waals surface area contributed by atoms with Gasteiger partial charge >= 0.3 is 5.97 Å². The number of anilines is 2. The number of hydrogen-bond acceptors (Lipinski definition) is 7. The lowest BCUT2D eigenvalue weighted by atomic mass is 9.82. The first-order valence-corrected chi connectivity index (χ1v) is 10.1. The van der Waals surface area contributed by atoms with E-state index in [4.69, 9.17) is 10.1 Å². The standard InChI is InChI=1S/C23H29N5O2/c1-25-14-19(12-24)28(2)18-7-8-20-16(11-18)5-4-6-17(20)13-27-22-15-26-10-9-21(22)23(29)30-3/h7-12,14-15,17,24-25,27H,4-6,13H2,1-3H3/b19-14+,24-12?/t17-/m0/s1. The van der Waals surface area contributed by atoms with Crippen LogP contribution in [0.5, 0.6) is 0 Å². The molecule has 1 aliphatic carbocycles. The largest absolute Gasteiger partial charge is 0.465 e. The average molecular weight is 408 g/mol. The Balaban J connectivity index is 1.78. The lowest BCUT2D eigenvalue weighted by Gasteiger charge is -2.28. The Labute approximate surface area is 177 Å². The first-order valence-electron chi connectivity index (χ1n) is 10.1. The van der Waals surface area contributed by atoms with Crippen molar-refractivity contribution in [1.82, 2.24) is 10.3 Å². The molecule has 0 radical (unpaired) electrons. The summed E-state index contributed by atoms with van der Waals surface area (Å²) in [5.41, 5.74) is 5.72. The van der Waals surface area contributed by atoms with Crippen LogP contribution in [-0.4, -0.2) is 44.9 Å². The van der Waals surface area contributed by atoms with Crippen molar-refractivity contribution in [2.24, 2.45) is 0 Å². The zero-order valence-electron chi connectivity index (χ0n) is 17.7. The summed E-state index contributed by atoms with van der Waals surface area (Å²) < 4.78 is 4.87. The average Bonchev–Trinajstić information content (AvgIpc) is 2.80. The Hall–Kier alpha value is -3.35. The number of fused-ring (bicyclic) bond motifs is 1. The molecule has 1 atom stereocenters. The van der Waals surface area contributed by atoms with E-state index in [9.17, 15) is 4.79 Å². The first kappa shape index (κ1) is 21.4. The molecule has 1 heterocycles. The number of carbonyl (C=O) groups excluding carboxylic acids is 1. The van der Waals surface area contributed by atoms with Gasteiger partial charge in [0.1, 0.15) is 0 Å². The van der Waals surface area contributed by atoms with E-state index >= 15 is 0 Å². The third-order valence-corrected chi connectivity index (χ3v) is 5.55. The number of hydrogen-bond donors (Lipinski definition) is 3. The second-order valence-electron chi connectivity index (χ2n) is 7.33. The van der Waals surface area contributed by atoms with Crippen LogP contribution in [0.1, 0.15) is 40.2 Å². The number of nitrogens with zero attached hydrogens (tertiary/aromatic N) is 2. The summed E-state index contributed by atoms with van der Waals surface area (Å²) in [7, 11) is 5.18. The Morgan fingerprint density at radius 2 is 2.23 bits per heavy atom. The van der Waals surface area contributed by atoms with E-state index in [0.717, 1.165) is 37.2 Å². The number of aryl methyl sites for hydroxylation is 1. The lowest BCUT2D eigenvalue weighted by Crippen LogP contribution is -2.22. The number of rotatable bonds is 8. The molecule has 1 aromatic heterocycles. The van der Waals surface area contributed by atoms with E-state index in [1.54, 1.807) is 18.5 Å². The molecule has 3 N–H and O–H groups in total. The number of nitrogens with one attached hydrogen (secondary N) is 3. The van der Waals surface area contributed by atoms with Gasteiger partial charge in [-0.15, -0.1) is 0 Å². The smallest absolute Gasteiger partial charge is 0.340 e. The molecular weight excluding hydrogens is 378 g/mol. The van der Waals surface area contributed by atoms with Gasteiger partial charge in [0.25, 0.3) is 0 Å². The van der Waals surface area contributed by atoms with Crippen LogP contribution in [0, 0.1) is 5.41 Å². The van der Waals surface area contributed by atoms with E-state index in [0.29, 0.717) is 17.2 Å². The van der Waals surface area contributed by atoms with Gasteiger partial charge in [-0.1, -0.05) is 6.07 Å². The molecular formula is C23H29N5O2. The Kier molecular flexibility index (Phi) is 7.06. The number of allylic oxidation sites excluding steroid dienone is 1. The van der Waals surface area contributed by atoms with Crippen molar-refractivity contribution in [1.29, 1.82) is 5.41 Å². The minimum atomic E-state index is -0.367. The maximum Gasteiger partial charge on any atom is 0.340 e. The maximum absolute atomic E-state index is 12.0. The number of pyridine rings is 1. The van der Waals surface area contributed by atoms with Crippen LogP contribution >= 0.6 is 0 Å². The van der Waals surface area contributed by atoms with E-state index in [1.165, 1.54) is 24.5 Å². The van der Waals surface area contributed by atoms with Crippen LogP contribution in [0.2, 0.25) is 0 Å². The molecule has 0 amide bonds. The van der Waals surface area contributed by atoms with Gasteiger partial charge in [0.2, 0.25) is 0 Å². The third-order valence-electron chi connectivity index (χ3n) is 5.55. The highest BCUT2D eigenvalue weighted by molar-refractivity contribution is 5.95. The van der Waals surface area contributed by atoms with Crippen LogP contribution in [0.3, 0.4) is 0 Å². The van der Waals surface area contributed by atoms with Crippen molar-refractivity contribution in [3.05, 3.63) is 65.2 Å². The zero-order chi connectivity index (χ0) is 21.5. The molecule has 3 rings (SSSR count). The number of benzene rings is 1. The van der Waals surface area contributed by atoms with Crippen LogP contribution < -0.4 is 15.5 Å². The topological polar surface area (TPSA) is 90.3 Å². The number of ether oxygens (including phenoxy) is 1. The van der Waals surface area contributed by atoms with Crippen molar-refractivity contribution in [2.45, 2.75) is 25.2 Å². The fourth-order valence-electron chi connectivity index (χ4n) is 3.91. The predicted octanol–water partition coefficient (Wildman–Crippen LogP) is 3.55. The normalized spacial score (nSPS) is 15.7. The summed E-state index contributed by atoms with van der Waals surface area (Å²) in [5, 5.41) is 14.0. The molecule has 0 fully saturated rings.